The number of methoxy groups -OCH3 is 1. The van der Waals surface area contributed by atoms with Gasteiger partial charge in [0, 0.05) is 25.0 Å². The Morgan fingerprint density at radius 3 is 2.60 bits per heavy atom. The van der Waals surface area contributed by atoms with Gasteiger partial charge in [-0.2, -0.15) is 0 Å². The molecule has 0 aromatic heterocycles. The Morgan fingerprint density at radius 2 is 2.13 bits per heavy atom. The van der Waals surface area contributed by atoms with E-state index in [1.165, 1.54) is 12.8 Å². The first-order valence-corrected chi connectivity index (χ1v) is 6.18. The summed E-state index contributed by atoms with van der Waals surface area (Å²) in [4.78, 5) is 0. The zero-order valence-corrected chi connectivity index (χ0v) is 10.4. The lowest BCUT2D eigenvalue weighted by molar-refractivity contribution is -0.0130. The number of fused-ring (bicyclic) bond motifs is 1. The van der Waals surface area contributed by atoms with Crippen LogP contribution in [0.25, 0.3) is 0 Å². The van der Waals surface area contributed by atoms with Crippen LogP contribution in [-0.2, 0) is 4.74 Å². The second-order valence-electron chi connectivity index (χ2n) is 5.99. The monoisotopic (exact) mass is 212 g/mol. The lowest BCUT2D eigenvalue weighted by atomic mass is 9.76. The summed E-state index contributed by atoms with van der Waals surface area (Å²) >= 11 is 0. The molecule has 2 nitrogen and oxygen atoms in total. The van der Waals surface area contributed by atoms with Crippen molar-refractivity contribution in [2.75, 3.05) is 13.7 Å². The molecule has 0 aromatic carbocycles. The first-order chi connectivity index (χ1) is 7.02. The van der Waals surface area contributed by atoms with Crippen molar-refractivity contribution < 1.29 is 9.84 Å². The van der Waals surface area contributed by atoms with Crippen molar-refractivity contribution in [2.24, 2.45) is 23.2 Å². The summed E-state index contributed by atoms with van der Waals surface area (Å²) in [7, 11) is 1.82. The molecule has 15 heavy (non-hydrogen) atoms. The predicted octanol–water partition coefficient (Wildman–Crippen LogP) is 2.46. The fraction of sp³-hybridized carbons (Fsp3) is 1.00. The van der Waals surface area contributed by atoms with Crippen LogP contribution in [0.5, 0.6) is 0 Å². The molecule has 4 atom stereocenters. The van der Waals surface area contributed by atoms with Gasteiger partial charge in [-0.15, -0.1) is 0 Å². The van der Waals surface area contributed by atoms with Gasteiger partial charge in [0.15, 0.2) is 0 Å². The number of aliphatic hydroxyl groups is 1. The Balaban J connectivity index is 2.16. The molecule has 0 saturated heterocycles. The number of hydrogen-bond donors (Lipinski definition) is 1. The first-order valence-electron chi connectivity index (χ1n) is 6.18. The fourth-order valence-electron chi connectivity index (χ4n) is 3.94. The van der Waals surface area contributed by atoms with Gasteiger partial charge < -0.3 is 9.84 Å². The Kier molecular flexibility index (Phi) is 2.63. The minimum atomic E-state index is -0.00502. The van der Waals surface area contributed by atoms with Crippen LogP contribution in [0.1, 0.15) is 40.0 Å². The molecular weight excluding hydrogens is 188 g/mol. The maximum absolute atomic E-state index is 9.44. The molecule has 2 rings (SSSR count). The van der Waals surface area contributed by atoms with E-state index in [9.17, 15) is 5.11 Å². The van der Waals surface area contributed by atoms with Crippen molar-refractivity contribution in [3.8, 4) is 0 Å². The second-order valence-corrected chi connectivity index (χ2v) is 5.99. The van der Waals surface area contributed by atoms with Crippen LogP contribution in [0, 0.1) is 23.2 Å². The maximum atomic E-state index is 9.44. The van der Waals surface area contributed by atoms with Gasteiger partial charge in [0.1, 0.15) is 0 Å². The summed E-state index contributed by atoms with van der Waals surface area (Å²) in [5.74, 6) is 1.88. The summed E-state index contributed by atoms with van der Waals surface area (Å²) in [6.07, 6.45) is 3.66. The van der Waals surface area contributed by atoms with Crippen molar-refractivity contribution >= 4 is 0 Å². The second kappa shape index (κ2) is 3.46. The van der Waals surface area contributed by atoms with Crippen LogP contribution in [0.4, 0.5) is 0 Å². The molecule has 0 aliphatic heterocycles. The third kappa shape index (κ3) is 1.31. The minimum absolute atomic E-state index is 0.00502. The Morgan fingerprint density at radius 1 is 1.47 bits per heavy atom. The van der Waals surface area contributed by atoms with Gasteiger partial charge in [-0.25, -0.2) is 0 Å². The average molecular weight is 212 g/mol. The lowest BCUT2D eigenvalue weighted by Crippen LogP contribution is -2.32. The van der Waals surface area contributed by atoms with E-state index >= 15 is 0 Å². The molecule has 2 saturated carbocycles. The van der Waals surface area contributed by atoms with Crippen molar-refractivity contribution in [3.05, 3.63) is 0 Å². The zero-order chi connectivity index (χ0) is 11.3. The van der Waals surface area contributed by atoms with Gasteiger partial charge in [0.25, 0.3) is 0 Å². The topological polar surface area (TPSA) is 29.5 Å². The van der Waals surface area contributed by atoms with Crippen molar-refractivity contribution in [1.82, 2.24) is 0 Å². The van der Waals surface area contributed by atoms with Crippen LogP contribution in [0.2, 0.25) is 0 Å². The highest BCUT2D eigenvalue weighted by atomic mass is 16.5. The highest BCUT2D eigenvalue weighted by Gasteiger charge is 2.75. The molecule has 0 heterocycles. The third-order valence-electron chi connectivity index (χ3n) is 5.30. The molecule has 0 aromatic rings. The van der Waals surface area contributed by atoms with Gasteiger partial charge in [-0.05, 0) is 31.1 Å². The Bertz CT molecular complexity index is 251. The smallest absolute Gasteiger partial charge is 0.0795 e. The molecule has 2 heteroatoms. The number of ether oxygens (including phenoxy) is 1. The highest BCUT2D eigenvalue weighted by Crippen LogP contribution is 2.71. The van der Waals surface area contributed by atoms with E-state index in [1.807, 2.05) is 7.11 Å². The standard InChI is InChI=1S/C13H24O2/c1-9(2)10-5-6-12(3)11(8-14)13(12,7-10)15-4/h9-11,14H,5-8H2,1-4H3/t10-,11?,12+,13+/m1/s1. The molecule has 2 fully saturated rings. The van der Waals surface area contributed by atoms with Crippen LogP contribution < -0.4 is 0 Å². The third-order valence-corrected chi connectivity index (χ3v) is 5.30. The number of aliphatic hydroxyl groups excluding tert-OH is 1. The zero-order valence-electron chi connectivity index (χ0n) is 10.4. The SMILES string of the molecule is CO[C@]12C[C@H](C(C)C)CC[C@@]1(C)C2CO. The molecule has 0 bridgehead atoms. The van der Waals surface area contributed by atoms with E-state index in [0.29, 0.717) is 5.92 Å². The molecule has 1 N–H and O–H groups in total. The van der Waals surface area contributed by atoms with Gasteiger partial charge in [-0.3, -0.25) is 0 Å². The normalized spacial score (nSPS) is 49.2. The quantitative estimate of drug-likeness (QED) is 0.778. The van der Waals surface area contributed by atoms with E-state index < -0.39 is 0 Å². The summed E-state index contributed by atoms with van der Waals surface area (Å²) in [5.41, 5.74) is 0.247. The number of hydrogen-bond acceptors (Lipinski definition) is 2. The summed E-state index contributed by atoms with van der Waals surface area (Å²) in [6.45, 7) is 7.17. The van der Waals surface area contributed by atoms with Gasteiger partial charge in [-0.1, -0.05) is 20.8 Å². The first kappa shape index (κ1) is 11.4. The largest absolute Gasteiger partial charge is 0.396 e. The van der Waals surface area contributed by atoms with Gasteiger partial charge >= 0.3 is 0 Å². The Hall–Kier alpha value is -0.0800. The summed E-state index contributed by atoms with van der Waals surface area (Å²) in [5, 5.41) is 9.44. The van der Waals surface area contributed by atoms with Crippen LogP contribution in [0.3, 0.4) is 0 Å². The molecule has 1 unspecified atom stereocenters. The van der Waals surface area contributed by atoms with E-state index in [-0.39, 0.29) is 17.6 Å². The summed E-state index contributed by atoms with van der Waals surface area (Å²) in [6, 6.07) is 0. The predicted molar refractivity (Wildman–Crippen MR) is 60.6 cm³/mol. The van der Waals surface area contributed by atoms with Crippen molar-refractivity contribution in [3.63, 3.8) is 0 Å². The van der Waals surface area contributed by atoms with E-state index in [0.717, 1.165) is 18.3 Å². The lowest BCUT2D eigenvalue weighted by Gasteiger charge is -2.34. The molecule has 0 radical (unpaired) electrons. The molecule has 88 valence electrons. The van der Waals surface area contributed by atoms with Crippen molar-refractivity contribution in [2.45, 2.75) is 45.6 Å². The minimum Gasteiger partial charge on any atom is -0.396 e. The molecule has 2 aliphatic rings. The number of rotatable bonds is 3. The molecule has 0 amide bonds. The van der Waals surface area contributed by atoms with Gasteiger partial charge in [0.05, 0.1) is 5.60 Å². The Labute approximate surface area is 93.0 Å². The maximum Gasteiger partial charge on any atom is 0.0795 e. The average Bonchev–Trinajstić information content (AvgIpc) is 2.76. The molecular formula is C13H24O2. The van der Waals surface area contributed by atoms with E-state index in [1.54, 1.807) is 0 Å². The van der Waals surface area contributed by atoms with Crippen LogP contribution in [-0.4, -0.2) is 24.4 Å². The van der Waals surface area contributed by atoms with Crippen LogP contribution >= 0.6 is 0 Å². The highest BCUT2D eigenvalue weighted by molar-refractivity contribution is 5.24. The van der Waals surface area contributed by atoms with Gasteiger partial charge in [0.2, 0.25) is 0 Å². The summed E-state index contributed by atoms with van der Waals surface area (Å²) < 4.78 is 5.78. The fourth-order valence-corrected chi connectivity index (χ4v) is 3.94. The van der Waals surface area contributed by atoms with Crippen molar-refractivity contribution in [1.29, 1.82) is 0 Å². The van der Waals surface area contributed by atoms with Crippen LogP contribution in [0.15, 0.2) is 0 Å². The molecule has 2 aliphatic carbocycles. The van der Waals surface area contributed by atoms with E-state index in [4.69, 9.17) is 4.74 Å². The van der Waals surface area contributed by atoms with E-state index in [2.05, 4.69) is 20.8 Å². The molecule has 0 spiro atoms.